The third kappa shape index (κ3) is 5.17. The summed E-state index contributed by atoms with van der Waals surface area (Å²) in [6.45, 7) is 0.267. The highest BCUT2D eigenvalue weighted by molar-refractivity contribution is 5.89. The number of H-pyrrole nitrogens is 1. The Kier molecular flexibility index (Phi) is 6.63. The number of aromatic amines is 1. The number of hydrogen-bond donors (Lipinski definition) is 4. The molecule has 0 spiro atoms. The fourth-order valence-corrected chi connectivity index (χ4v) is 3.94. The van der Waals surface area contributed by atoms with Gasteiger partial charge in [0.25, 0.3) is 0 Å². The molecule has 2 aromatic carbocycles. The van der Waals surface area contributed by atoms with Gasteiger partial charge in [0.2, 0.25) is 5.91 Å². The van der Waals surface area contributed by atoms with E-state index in [0.29, 0.717) is 12.2 Å². The maximum absolute atomic E-state index is 12.5. The van der Waals surface area contributed by atoms with E-state index in [-0.39, 0.29) is 19.1 Å². The molecule has 4 rings (SSSR count). The smallest absolute Gasteiger partial charge is 0.407 e. The molecule has 10 nitrogen and oxygen atoms in total. The predicted octanol–water partition coefficient (Wildman–Crippen LogP) is 1.85. The van der Waals surface area contributed by atoms with E-state index in [4.69, 9.17) is 9.84 Å². The van der Waals surface area contributed by atoms with Crippen LogP contribution in [0.5, 0.6) is 0 Å². The first-order valence-corrected chi connectivity index (χ1v) is 10.5. The summed E-state index contributed by atoms with van der Waals surface area (Å²) >= 11 is 0. The number of carbonyl (C=O) groups is 3. The molecule has 0 bridgehead atoms. The minimum Gasteiger partial charge on any atom is -0.481 e. The number of hydrogen-bond acceptors (Lipinski definition) is 6. The van der Waals surface area contributed by atoms with Gasteiger partial charge in [0.1, 0.15) is 24.8 Å². The van der Waals surface area contributed by atoms with Gasteiger partial charge in [0.15, 0.2) is 0 Å². The number of benzene rings is 2. The van der Waals surface area contributed by atoms with E-state index < -0.39 is 30.4 Å². The number of carboxylic acids is 1. The number of amides is 2. The number of rotatable bonds is 9. The molecule has 4 N–H and O–H groups in total. The van der Waals surface area contributed by atoms with E-state index in [1.165, 1.54) is 6.33 Å². The number of carbonyl (C=O) groups excluding carboxylic acids is 2. The van der Waals surface area contributed by atoms with Crippen molar-refractivity contribution < 1.29 is 24.2 Å². The van der Waals surface area contributed by atoms with Crippen LogP contribution in [0.25, 0.3) is 11.1 Å². The highest BCUT2D eigenvalue weighted by atomic mass is 16.5. The lowest BCUT2D eigenvalue weighted by Crippen LogP contribution is -2.48. The van der Waals surface area contributed by atoms with Gasteiger partial charge in [-0.2, -0.15) is 5.10 Å². The van der Waals surface area contributed by atoms with Crippen molar-refractivity contribution in [1.82, 2.24) is 25.8 Å². The molecular formula is C23H23N5O5. The van der Waals surface area contributed by atoms with Gasteiger partial charge in [-0.3, -0.25) is 14.7 Å². The molecule has 2 amide bonds. The third-order valence-electron chi connectivity index (χ3n) is 5.46. The van der Waals surface area contributed by atoms with Crippen LogP contribution in [0, 0.1) is 0 Å². The first-order chi connectivity index (χ1) is 16.0. The first kappa shape index (κ1) is 22.0. The molecule has 1 aromatic heterocycles. The van der Waals surface area contributed by atoms with Gasteiger partial charge in [0, 0.05) is 18.9 Å². The number of nitrogens with zero attached hydrogens (tertiary/aromatic N) is 2. The molecule has 1 heterocycles. The molecule has 0 saturated carbocycles. The second-order valence-electron chi connectivity index (χ2n) is 7.59. The lowest BCUT2D eigenvalue weighted by molar-refractivity contribution is -0.139. The Morgan fingerprint density at radius 1 is 1.06 bits per heavy atom. The SMILES string of the molecule is O=C(O)CC(NC(=O)OCC1c2ccccc2-c2ccccc21)C(=O)NCCc1ncn[nH]1. The van der Waals surface area contributed by atoms with Crippen LogP contribution in [-0.4, -0.2) is 57.5 Å². The van der Waals surface area contributed by atoms with Crippen molar-refractivity contribution in [2.24, 2.45) is 0 Å². The second-order valence-corrected chi connectivity index (χ2v) is 7.59. The summed E-state index contributed by atoms with van der Waals surface area (Å²) in [6.07, 6.45) is 0.311. The summed E-state index contributed by atoms with van der Waals surface area (Å²) in [5.74, 6) is -1.40. The van der Waals surface area contributed by atoms with Crippen molar-refractivity contribution in [1.29, 1.82) is 0 Å². The molecule has 0 fully saturated rings. The molecule has 0 aliphatic heterocycles. The van der Waals surface area contributed by atoms with Gasteiger partial charge >= 0.3 is 12.1 Å². The van der Waals surface area contributed by atoms with Crippen molar-refractivity contribution in [2.75, 3.05) is 13.2 Å². The van der Waals surface area contributed by atoms with Crippen LogP contribution < -0.4 is 10.6 Å². The van der Waals surface area contributed by atoms with Crippen LogP contribution in [0.15, 0.2) is 54.9 Å². The van der Waals surface area contributed by atoms with Gasteiger partial charge in [-0.1, -0.05) is 48.5 Å². The Labute approximate surface area is 189 Å². The van der Waals surface area contributed by atoms with E-state index in [9.17, 15) is 14.4 Å². The molecule has 1 unspecified atom stereocenters. The van der Waals surface area contributed by atoms with E-state index in [0.717, 1.165) is 22.3 Å². The Balaban J connectivity index is 1.35. The summed E-state index contributed by atoms with van der Waals surface area (Å²) in [5.41, 5.74) is 4.30. The molecule has 170 valence electrons. The number of fused-ring (bicyclic) bond motifs is 3. The first-order valence-electron chi connectivity index (χ1n) is 10.5. The highest BCUT2D eigenvalue weighted by Crippen LogP contribution is 2.44. The molecule has 0 radical (unpaired) electrons. The van der Waals surface area contributed by atoms with E-state index in [1.807, 2.05) is 48.5 Å². The number of alkyl carbamates (subject to hydrolysis) is 1. The van der Waals surface area contributed by atoms with Crippen LogP contribution in [0.2, 0.25) is 0 Å². The normalized spacial score (nSPS) is 13.0. The van der Waals surface area contributed by atoms with Crippen molar-refractivity contribution in [2.45, 2.75) is 24.8 Å². The fraction of sp³-hybridized carbons (Fsp3) is 0.261. The number of nitrogens with one attached hydrogen (secondary N) is 3. The third-order valence-corrected chi connectivity index (χ3v) is 5.46. The van der Waals surface area contributed by atoms with E-state index in [1.54, 1.807) is 0 Å². The zero-order valence-corrected chi connectivity index (χ0v) is 17.7. The number of carboxylic acid groups (broad SMARTS) is 1. The van der Waals surface area contributed by atoms with Crippen molar-refractivity contribution in [3.8, 4) is 11.1 Å². The van der Waals surface area contributed by atoms with Gasteiger partial charge in [-0.05, 0) is 22.3 Å². The molecule has 10 heteroatoms. The van der Waals surface area contributed by atoms with E-state index >= 15 is 0 Å². The fourth-order valence-electron chi connectivity index (χ4n) is 3.94. The largest absolute Gasteiger partial charge is 0.481 e. The van der Waals surface area contributed by atoms with E-state index in [2.05, 4.69) is 25.8 Å². The van der Waals surface area contributed by atoms with Crippen molar-refractivity contribution in [3.63, 3.8) is 0 Å². The molecule has 3 aromatic rings. The standard InChI is InChI=1S/C23H23N5O5/c29-21(30)11-19(22(31)24-10-9-20-25-13-26-28-20)27-23(32)33-12-18-16-7-3-1-5-14(16)15-6-2-4-8-17(15)18/h1-8,13,18-19H,9-12H2,(H,24,31)(H,27,32)(H,29,30)(H,25,26,28). The van der Waals surface area contributed by atoms with Gasteiger partial charge in [-0.25, -0.2) is 9.78 Å². The zero-order chi connectivity index (χ0) is 23.2. The van der Waals surface area contributed by atoms with Gasteiger partial charge in [-0.15, -0.1) is 0 Å². The second kappa shape index (κ2) is 9.94. The maximum atomic E-state index is 12.5. The summed E-state index contributed by atoms with van der Waals surface area (Å²) < 4.78 is 5.42. The minimum absolute atomic E-state index is 0.0623. The average Bonchev–Trinajstić information content (AvgIpc) is 3.43. The van der Waals surface area contributed by atoms with Crippen molar-refractivity contribution in [3.05, 3.63) is 71.8 Å². The summed E-state index contributed by atoms with van der Waals surface area (Å²) in [6, 6.07) is 14.6. The van der Waals surface area contributed by atoms with Crippen molar-refractivity contribution >= 4 is 18.0 Å². The lowest BCUT2D eigenvalue weighted by Gasteiger charge is -2.18. The zero-order valence-electron chi connectivity index (χ0n) is 17.7. The molecule has 0 saturated heterocycles. The number of aliphatic carboxylic acids is 1. The highest BCUT2D eigenvalue weighted by Gasteiger charge is 2.30. The summed E-state index contributed by atoms with van der Waals surface area (Å²) in [4.78, 5) is 40.0. The molecular weight excluding hydrogens is 426 g/mol. The lowest BCUT2D eigenvalue weighted by atomic mass is 9.98. The molecule has 1 aliphatic rings. The number of ether oxygens (including phenoxy) is 1. The van der Waals surface area contributed by atoms with Crippen LogP contribution in [0.4, 0.5) is 4.79 Å². The Morgan fingerprint density at radius 2 is 1.73 bits per heavy atom. The predicted molar refractivity (Wildman–Crippen MR) is 117 cm³/mol. The van der Waals surface area contributed by atoms with Gasteiger partial charge < -0.3 is 20.5 Å². The molecule has 1 aliphatic carbocycles. The Morgan fingerprint density at radius 3 is 2.33 bits per heavy atom. The monoisotopic (exact) mass is 449 g/mol. The minimum atomic E-state index is -1.27. The molecule has 33 heavy (non-hydrogen) atoms. The summed E-state index contributed by atoms with van der Waals surface area (Å²) in [7, 11) is 0. The van der Waals surface area contributed by atoms with Crippen LogP contribution >= 0.6 is 0 Å². The molecule has 1 atom stereocenters. The van der Waals surface area contributed by atoms with Crippen LogP contribution in [-0.2, 0) is 20.7 Å². The number of aromatic nitrogens is 3. The van der Waals surface area contributed by atoms with Crippen LogP contribution in [0.3, 0.4) is 0 Å². The maximum Gasteiger partial charge on any atom is 0.407 e. The Hall–Kier alpha value is -4.21. The summed E-state index contributed by atoms with van der Waals surface area (Å²) in [5, 5.41) is 20.5. The van der Waals surface area contributed by atoms with Gasteiger partial charge in [0.05, 0.1) is 6.42 Å². The van der Waals surface area contributed by atoms with Crippen LogP contribution in [0.1, 0.15) is 29.3 Å². The Bertz CT molecular complexity index is 1100. The topological polar surface area (TPSA) is 146 Å². The quantitative estimate of drug-likeness (QED) is 0.390. The average molecular weight is 449 g/mol.